The van der Waals surface area contributed by atoms with Crippen LogP contribution in [0.3, 0.4) is 0 Å². The van der Waals surface area contributed by atoms with Gasteiger partial charge in [0.15, 0.2) is 10.8 Å². The molecular weight excluding hydrogens is 340 g/mol. The summed E-state index contributed by atoms with van der Waals surface area (Å²) in [5.41, 5.74) is 0.767. The van der Waals surface area contributed by atoms with Crippen LogP contribution in [0.25, 0.3) is 11.0 Å². The van der Waals surface area contributed by atoms with E-state index >= 15 is 0 Å². The third-order valence-electron chi connectivity index (χ3n) is 3.30. The fourth-order valence-electron chi connectivity index (χ4n) is 2.17. The van der Waals surface area contributed by atoms with Crippen LogP contribution in [0.1, 0.15) is 27.7 Å². The Morgan fingerprint density at radius 2 is 2.16 bits per heavy atom. The van der Waals surface area contributed by atoms with Gasteiger partial charge in [0.05, 0.1) is 24.7 Å². The zero-order valence-electron chi connectivity index (χ0n) is 15.2. The predicted molar refractivity (Wildman–Crippen MR) is 100 cm³/mol. The molecule has 0 saturated heterocycles. The summed E-state index contributed by atoms with van der Waals surface area (Å²) in [5.74, 6) is 2.21. The molecule has 2 aromatic rings. The van der Waals surface area contributed by atoms with Crippen LogP contribution in [0, 0.1) is 5.92 Å². The van der Waals surface area contributed by atoms with Gasteiger partial charge in [0, 0.05) is 13.1 Å². The summed E-state index contributed by atoms with van der Waals surface area (Å²) < 4.78 is 6.64. The Labute approximate surface area is 152 Å². The molecule has 2 aromatic heterocycles. The molecule has 0 unspecified atom stereocenters. The normalized spacial score (nSPS) is 11.1. The quantitative estimate of drug-likeness (QED) is 0.520. The zero-order chi connectivity index (χ0) is 18.2. The number of nitrogens with zero attached hydrogens (tertiary/aromatic N) is 4. The molecule has 0 aliphatic heterocycles. The van der Waals surface area contributed by atoms with E-state index in [0.29, 0.717) is 25.6 Å². The van der Waals surface area contributed by atoms with Crippen molar-refractivity contribution in [1.29, 1.82) is 0 Å². The van der Waals surface area contributed by atoms with Gasteiger partial charge >= 0.3 is 6.09 Å². The van der Waals surface area contributed by atoms with Gasteiger partial charge in [-0.2, -0.15) is 5.10 Å². The van der Waals surface area contributed by atoms with E-state index in [0.717, 1.165) is 34.3 Å². The first kappa shape index (κ1) is 19.3. The van der Waals surface area contributed by atoms with Gasteiger partial charge in [-0.1, -0.05) is 32.5 Å². The maximum atomic E-state index is 11.4. The van der Waals surface area contributed by atoms with E-state index in [9.17, 15) is 4.79 Å². The van der Waals surface area contributed by atoms with Crippen LogP contribution in [0.15, 0.2) is 11.4 Å². The standard InChI is InChI=1S/C16H26N6O2S/c1-5-24-16(23)17-7-8-22-14-12(10-19-22)13(18-9-11(3)4)20-15(21-14)25-6-2/h10-11H,5-9H2,1-4H3,(H,17,23)(H,18,20,21). The highest BCUT2D eigenvalue weighted by Crippen LogP contribution is 2.24. The number of nitrogens with one attached hydrogen (secondary N) is 2. The van der Waals surface area contributed by atoms with Crippen LogP contribution in [0.2, 0.25) is 0 Å². The fourth-order valence-corrected chi connectivity index (χ4v) is 2.74. The molecule has 8 nitrogen and oxygen atoms in total. The molecule has 2 rings (SSSR count). The average Bonchev–Trinajstić information content (AvgIpc) is 2.96. The Balaban J connectivity index is 2.19. The van der Waals surface area contributed by atoms with Crippen molar-refractivity contribution in [1.82, 2.24) is 25.1 Å². The highest BCUT2D eigenvalue weighted by atomic mass is 32.2. The Bertz CT molecular complexity index is 703. The van der Waals surface area contributed by atoms with E-state index < -0.39 is 6.09 Å². The molecule has 0 fully saturated rings. The summed E-state index contributed by atoms with van der Waals surface area (Å²) in [6.07, 6.45) is 1.35. The third-order valence-corrected chi connectivity index (χ3v) is 4.02. The second-order valence-corrected chi connectivity index (χ2v) is 7.05. The van der Waals surface area contributed by atoms with Crippen molar-refractivity contribution in [2.24, 2.45) is 5.92 Å². The van der Waals surface area contributed by atoms with Crippen LogP contribution >= 0.6 is 11.8 Å². The minimum absolute atomic E-state index is 0.353. The second-order valence-electron chi connectivity index (χ2n) is 5.81. The van der Waals surface area contributed by atoms with Crippen LogP contribution in [-0.2, 0) is 11.3 Å². The maximum Gasteiger partial charge on any atom is 0.407 e. The molecule has 25 heavy (non-hydrogen) atoms. The topological polar surface area (TPSA) is 94.0 Å². The average molecular weight is 366 g/mol. The van der Waals surface area contributed by atoms with Crippen LogP contribution in [0.5, 0.6) is 0 Å². The van der Waals surface area contributed by atoms with E-state index in [1.807, 2.05) is 0 Å². The zero-order valence-corrected chi connectivity index (χ0v) is 16.0. The van der Waals surface area contributed by atoms with E-state index in [1.165, 1.54) is 0 Å². The largest absolute Gasteiger partial charge is 0.450 e. The molecule has 0 bridgehead atoms. The summed E-state index contributed by atoms with van der Waals surface area (Å²) in [4.78, 5) is 20.6. The number of rotatable bonds is 9. The number of carbonyl (C=O) groups excluding carboxylic acids is 1. The summed E-state index contributed by atoms with van der Waals surface area (Å²) in [6, 6.07) is 0. The number of alkyl carbamates (subject to hydrolysis) is 1. The van der Waals surface area contributed by atoms with E-state index in [-0.39, 0.29) is 0 Å². The molecule has 1 amide bonds. The number of hydrogen-bond donors (Lipinski definition) is 2. The van der Waals surface area contributed by atoms with Crippen molar-refractivity contribution < 1.29 is 9.53 Å². The summed E-state index contributed by atoms with van der Waals surface area (Å²) in [5, 5.41) is 12.1. The number of ether oxygens (including phenoxy) is 1. The summed E-state index contributed by atoms with van der Waals surface area (Å²) in [6.45, 7) is 10.3. The number of aromatic nitrogens is 4. The van der Waals surface area contributed by atoms with Crippen LogP contribution in [-0.4, -0.2) is 51.3 Å². The molecular formula is C16H26N6O2S. The lowest BCUT2D eigenvalue weighted by molar-refractivity contribution is 0.152. The first-order valence-electron chi connectivity index (χ1n) is 8.56. The number of fused-ring (bicyclic) bond motifs is 1. The maximum absolute atomic E-state index is 11.4. The molecule has 0 atom stereocenters. The lowest BCUT2D eigenvalue weighted by Gasteiger charge is -2.11. The van der Waals surface area contributed by atoms with Gasteiger partial charge in [-0.15, -0.1) is 0 Å². The highest BCUT2D eigenvalue weighted by molar-refractivity contribution is 7.99. The molecule has 2 N–H and O–H groups in total. The Kier molecular flexibility index (Phi) is 7.30. The van der Waals surface area contributed by atoms with E-state index in [4.69, 9.17) is 4.74 Å². The number of anilines is 1. The molecule has 0 aromatic carbocycles. The fraction of sp³-hybridized carbons (Fsp3) is 0.625. The number of thioether (sulfide) groups is 1. The minimum Gasteiger partial charge on any atom is -0.450 e. The first-order chi connectivity index (χ1) is 12.0. The van der Waals surface area contributed by atoms with Crippen molar-refractivity contribution >= 4 is 34.7 Å². The first-order valence-corrected chi connectivity index (χ1v) is 9.54. The summed E-state index contributed by atoms with van der Waals surface area (Å²) in [7, 11) is 0. The van der Waals surface area contributed by atoms with E-state index in [1.54, 1.807) is 29.6 Å². The molecule has 0 spiro atoms. The third kappa shape index (κ3) is 5.48. The Hall–Kier alpha value is -2.03. The van der Waals surface area contributed by atoms with Crippen LogP contribution < -0.4 is 10.6 Å². The van der Waals surface area contributed by atoms with Crippen molar-refractivity contribution in [2.75, 3.05) is 30.8 Å². The number of hydrogen-bond acceptors (Lipinski definition) is 7. The molecule has 0 saturated carbocycles. The van der Waals surface area contributed by atoms with E-state index in [2.05, 4.69) is 46.5 Å². The second kappa shape index (κ2) is 9.45. The van der Waals surface area contributed by atoms with Gasteiger partial charge in [0.2, 0.25) is 0 Å². The molecule has 138 valence electrons. The van der Waals surface area contributed by atoms with Gasteiger partial charge in [-0.3, -0.25) is 0 Å². The van der Waals surface area contributed by atoms with Crippen molar-refractivity contribution in [3.8, 4) is 0 Å². The lowest BCUT2D eigenvalue weighted by Crippen LogP contribution is -2.28. The molecule has 2 heterocycles. The van der Waals surface area contributed by atoms with Gasteiger partial charge in [-0.25, -0.2) is 19.4 Å². The molecule has 0 aliphatic rings. The Morgan fingerprint density at radius 3 is 2.84 bits per heavy atom. The molecule has 0 aliphatic carbocycles. The molecule has 0 radical (unpaired) electrons. The Morgan fingerprint density at radius 1 is 1.36 bits per heavy atom. The van der Waals surface area contributed by atoms with Gasteiger partial charge in [-0.05, 0) is 18.6 Å². The lowest BCUT2D eigenvalue weighted by atomic mass is 10.2. The van der Waals surface area contributed by atoms with Crippen molar-refractivity contribution in [3.05, 3.63) is 6.20 Å². The minimum atomic E-state index is -0.421. The van der Waals surface area contributed by atoms with Gasteiger partial charge in [0.1, 0.15) is 5.82 Å². The molecule has 9 heteroatoms. The van der Waals surface area contributed by atoms with Crippen molar-refractivity contribution in [2.45, 2.75) is 39.4 Å². The number of amides is 1. The predicted octanol–water partition coefficient (Wildman–Crippen LogP) is 2.75. The summed E-state index contributed by atoms with van der Waals surface area (Å²) >= 11 is 1.59. The van der Waals surface area contributed by atoms with Crippen molar-refractivity contribution in [3.63, 3.8) is 0 Å². The van der Waals surface area contributed by atoms with Gasteiger partial charge in [0.25, 0.3) is 0 Å². The van der Waals surface area contributed by atoms with Crippen LogP contribution in [0.4, 0.5) is 10.6 Å². The highest BCUT2D eigenvalue weighted by Gasteiger charge is 2.13. The monoisotopic (exact) mass is 366 g/mol. The smallest absolute Gasteiger partial charge is 0.407 e. The van der Waals surface area contributed by atoms with Gasteiger partial charge < -0.3 is 15.4 Å². The number of carbonyl (C=O) groups is 1. The SMILES string of the molecule is CCOC(=O)NCCn1ncc2c(NCC(C)C)nc(SCC)nc21.